The van der Waals surface area contributed by atoms with E-state index in [2.05, 4.69) is 17.0 Å². The van der Waals surface area contributed by atoms with Crippen LogP contribution in [0, 0.1) is 5.92 Å². The molecule has 21 heavy (non-hydrogen) atoms. The van der Waals surface area contributed by atoms with Crippen LogP contribution in [0.4, 0.5) is 0 Å². The average molecular weight is 317 g/mol. The topological polar surface area (TPSA) is 72.4 Å². The maximum atomic E-state index is 12.3. The molecule has 122 valence electrons. The van der Waals surface area contributed by atoms with Crippen LogP contribution in [-0.2, 0) is 28.4 Å². The molecule has 0 bridgehead atoms. The van der Waals surface area contributed by atoms with E-state index < -0.39 is 10.0 Å². The summed E-state index contributed by atoms with van der Waals surface area (Å²) in [5, 5.41) is 3.27. The molecule has 7 heteroatoms. The van der Waals surface area contributed by atoms with Gasteiger partial charge in [0, 0.05) is 45.7 Å². The molecule has 0 aliphatic carbocycles. The SMILES string of the molecule is CCCNCc1cc(S(=O)(=O)NCC(C)COC)cn1C. The zero-order valence-corrected chi connectivity index (χ0v) is 14.2. The van der Waals surface area contributed by atoms with E-state index >= 15 is 0 Å². The molecule has 0 saturated carbocycles. The molecule has 1 aromatic rings. The van der Waals surface area contributed by atoms with Gasteiger partial charge in [0.05, 0.1) is 4.90 Å². The van der Waals surface area contributed by atoms with Gasteiger partial charge in [-0.05, 0) is 24.9 Å². The van der Waals surface area contributed by atoms with Gasteiger partial charge in [0.1, 0.15) is 0 Å². The number of aromatic nitrogens is 1. The Kier molecular flexibility index (Phi) is 7.37. The summed E-state index contributed by atoms with van der Waals surface area (Å²) in [7, 11) is 0.00549. The third-order valence-corrected chi connectivity index (χ3v) is 4.59. The Hall–Kier alpha value is -0.890. The maximum absolute atomic E-state index is 12.3. The molecule has 0 saturated heterocycles. The third-order valence-electron chi connectivity index (χ3n) is 3.20. The van der Waals surface area contributed by atoms with Crippen molar-refractivity contribution in [2.45, 2.75) is 31.7 Å². The molecule has 0 aromatic carbocycles. The van der Waals surface area contributed by atoms with Gasteiger partial charge in [0.25, 0.3) is 0 Å². The standard InChI is InChI=1S/C14H27N3O3S/c1-5-6-15-9-13-7-14(10-17(13)3)21(18,19)16-8-12(2)11-20-4/h7,10,12,15-16H,5-6,8-9,11H2,1-4H3. The quantitative estimate of drug-likeness (QED) is 0.634. The van der Waals surface area contributed by atoms with Gasteiger partial charge in [-0.3, -0.25) is 0 Å². The summed E-state index contributed by atoms with van der Waals surface area (Å²) in [6, 6.07) is 1.71. The van der Waals surface area contributed by atoms with Crippen LogP contribution in [0.25, 0.3) is 0 Å². The summed E-state index contributed by atoms with van der Waals surface area (Å²) in [5.41, 5.74) is 0.953. The van der Waals surface area contributed by atoms with E-state index in [0.29, 0.717) is 24.6 Å². The number of aryl methyl sites for hydroxylation is 1. The van der Waals surface area contributed by atoms with Crippen LogP contribution in [0.15, 0.2) is 17.2 Å². The summed E-state index contributed by atoms with van der Waals surface area (Å²) in [5.74, 6) is 0.138. The summed E-state index contributed by atoms with van der Waals surface area (Å²) in [6.07, 6.45) is 2.70. The monoisotopic (exact) mass is 317 g/mol. The van der Waals surface area contributed by atoms with E-state index in [4.69, 9.17) is 4.74 Å². The lowest BCUT2D eigenvalue weighted by Gasteiger charge is -2.11. The Bertz CT molecular complexity index is 526. The second-order valence-corrected chi connectivity index (χ2v) is 7.13. The highest BCUT2D eigenvalue weighted by Gasteiger charge is 2.18. The van der Waals surface area contributed by atoms with Crippen LogP contribution in [-0.4, -0.2) is 39.8 Å². The number of rotatable bonds is 10. The summed E-state index contributed by atoms with van der Waals surface area (Å²) >= 11 is 0. The third kappa shape index (κ3) is 5.78. The van der Waals surface area contributed by atoms with Crippen LogP contribution in [0.2, 0.25) is 0 Å². The molecule has 0 fully saturated rings. The number of hydrogen-bond donors (Lipinski definition) is 2. The molecular formula is C14H27N3O3S. The van der Waals surface area contributed by atoms with Gasteiger partial charge in [-0.1, -0.05) is 13.8 Å². The van der Waals surface area contributed by atoms with Crippen molar-refractivity contribution in [3.8, 4) is 0 Å². The second-order valence-electron chi connectivity index (χ2n) is 5.37. The smallest absolute Gasteiger partial charge is 0.242 e. The first-order valence-corrected chi connectivity index (χ1v) is 8.73. The summed E-state index contributed by atoms with van der Waals surface area (Å²) < 4.78 is 34.0. The fourth-order valence-electron chi connectivity index (χ4n) is 1.97. The van der Waals surface area contributed by atoms with Gasteiger partial charge in [-0.25, -0.2) is 13.1 Å². The lowest BCUT2D eigenvalue weighted by Crippen LogP contribution is -2.29. The van der Waals surface area contributed by atoms with Crippen molar-refractivity contribution in [1.82, 2.24) is 14.6 Å². The first kappa shape index (κ1) is 18.2. The van der Waals surface area contributed by atoms with Gasteiger partial charge in [0.15, 0.2) is 0 Å². The van der Waals surface area contributed by atoms with Gasteiger partial charge >= 0.3 is 0 Å². The molecule has 0 aliphatic heterocycles. The van der Waals surface area contributed by atoms with E-state index in [-0.39, 0.29) is 5.92 Å². The number of nitrogens with one attached hydrogen (secondary N) is 2. The second kappa shape index (κ2) is 8.53. The fourth-order valence-corrected chi connectivity index (χ4v) is 3.23. The maximum Gasteiger partial charge on any atom is 0.242 e. The van der Waals surface area contributed by atoms with Gasteiger partial charge < -0.3 is 14.6 Å². The predicted octanol–water partition coefficient (Wildman–Crippen LogP) is 1.09. The van der Waals surface area contributed by atoms with E-state index in [1.807, 2.05) is 18.5 Å². The minimum atomic E-state index is -3.46. The van der Waals surface area contributed by atoms with Crippen LogP contribution < -0.4 is 10.0 Å². The van der Waals surface area contributed by atoms with Crippen molar-refractivity contribution in [3.05, 3.63) is 18.0 Å². The highest BCUT2D eigenvalue weighted by Crippen LogP contribution is 2.13. The Balaban J connectivity index is 2.68. The van der Waals surface area contributed by atoms with Crippen molar-refractivity contribution < 1.29 is 13.2 Å². The van der Waals surface area contributed by atoms with Crippen molar-refractivity contribution in [1.29, 1.82) is 0 Å². The minimum Gasteiger partial charge on any atom is -0.384 e. The van der Waals surface area contributed by atoms with E-state index in [1.54, 1.807) is 19.4 Å². The molecule has 0 radical (unpaired) electrons. The first-order chi connectivity index (χ1) is 9.90. The van der Waals surface area contributed by atoms with E-state index in [1.165, 1.54) is 0 Å². The summed E-state index contributed by atoms with van der Waals surface area (Å²) in [6.45, 7) is 6.52. The van der Waals surface area contributed by atoms with Crippen LogP contribution in [0.5, 0.6) is 0 Å². The summed E-state index contributed by atoms with van der Waals surface area (Å²) in [4.78, 5) is 0.308. The Morgan fingerprint density at radius 2 is 2.14 bits per heavy atom. The molecule has 0 aliphatic rings. The van der Waals surface area contributed by atoms with Gasteiger partial charge in [-0.15, -0.1) is 0 Å². The molecule has 1 atom stereocenters. The Labute approximate surface area is 127 Å². The van der Waals surface area contributed by atoms with Crippen molar-refractivity contribution in [3.63, 3.8) is 0 Å². The number of hydrogen-bond acceptors (Lipinski definition) is 4. The van der Waals surface area contributed by atoms with Crippen molar-refractivity contribution in [2.24, 2.45) is 13.0 Å². The van der Waals surface area contributed by atoms with Gasteiger partial charge in [-0.2, -0.15) is 0 Å². The Morgan fingerprint density at radius 3 is 2.76 bits per heavy atom. The van der Waals surface area contributed by atoms with Gasteiger partial charge in [0.2, 0.25) is 10.0 Å². The molecule has 1 rings (SSSR count). The number of sulfonamides is 1. The first-order valence-electron chi connectivity index (χ1n) is 7.25. The lowest BCUT2D eigenvalue weighted by molar-refractivity contribution is 0.161. The number of nitrogens with zero attached hydrogens (tertiary/aromatic N) is 1. The molecule has 1 aromatic heterocycles. The fraction of sp³-hybridized carbons (Fsp3) is 0.714. The zero-order chi connectivity index (χ0) is 15.9. The largest absolute Gasteiger partial charge is 0.384 e. The van der Waals surface area contributed by atoms with Crippen LogP contribution in [0.3, 0.4) is 0 Å². The molecular weight excluding hydrogens is 290 g/mol. The average Bonchev–Trinajstić information content (AvgIpc) is 2.80. The zero-order valence-electron chi connectivity index (χ0n) is 13.3. The molecule has 0 spiro atoms. The highest BCUT2D eigenvalue weighted by molar-refractivity contribution is 7.89. The molecule has 6 nitrogen and oxygen atoms in total. The number of ether oxygens (including phenoxy) is 1. The molecule has 2 N–H and O–H groups in total. The molecule has 0 amide bonds. The Morgan fingerprint density at radius 1 is 1.43 bits per heavy atom. The van der Waals surface area contributed by atoms with Crippen molar-refractivity contribution >= 4 is 10.0 Å². The normalized spacial score (nSPS) is 13.5. The van der Waals surface area contributed by atoms with Crippen LogP contribution in [0.1, 0.15) is 26.0 Å². The lowest BCUT2D eigenvalue weighted by atomic mass is 10.2. The highest BCUT2D eigenvalue weighted by atomic mass is 32.2. The van der Waals surface area contributed by atoms with Crippen molar-refractivity contribution in [2.75, 3.05) is 26.8 Å². The molecule has 1 heterocycles. The van der Waals surface area contributed by atoms with E-state index in [9.17, 15) is 8.42 Å². The predicted molar refractivity (Wildman–Crippen MR) is 83.6 cm³/mol. The van der Waals surface area contributed by atoms with Crippen LogP contribution >= 0.6 is 0 Å². The molecule has 1 unspecified atom stereocenters. The van der Waals surface area contributed by atoms with E-state index in [0.717, 1.165) is 18.7 Å². The minimum absolute atomic E-state index is 0.138. The number of methoxy groups -OCH3 is 1.